The first-order chi connectivity index (χ1) is 10.5. The number of hydrogen-bond donors (Lipinski definition) is 1. The zero-order chi connectivity index (χ0) is 16.1. The van der Waals surface area contributed by atoms with Gasteiger partial charge in [0.25, 0.3) is 0 Å². The fourth-order valence-electron chi connectivity index (χ4n) is 1.74. The van der Waals surface area contributed by atoms with Crippen molar-refractivity contribution in [3.05, 3.63) is 53.6 Å². The van der Waals surface area contributed by atoms with E-state index < -0.39 is 18.0 Å². The van der Waals surface area contributed by atoms with Gasteiger partial charge in [-0.1, -0.05) is 11.6 Å². The van der Waals surface area contributed by atoms with Crippen LogP contribution in [0, 0.1) is 5.92 Å². The molecule has 2 aromatic carbocycles. The fraction of sp³-hybridized carbons (Fsp3) is 0.235. The van der Waals surface area contributed by atoms with Crippen LogP contribution in [0.3, 0.4) is 0 Å². The normalized spacial score (nSPS) is 13.2. The molecule has 116 valence electrons. The van der Waals surface area contributed by atoms with Crippen LogP contribution in [0.2, 0.25) is 5.02 Å². The van der Waals surface area contributed by atoms with E-state index in [9.17, 15) is 4.79 Å². The second-order valence-electron chi connectivity index (χ2n) is 4.98. The van der Waals surface area contributed by atoms with E-state index in [0.717, 1.165) is 0 Å². The largest absolute Gasteiger partial charge is 0.490 e. The average Bonchev–Trinajstić information content (AvgIpc) is 2.50. The number of hydrogen-bond acceptors (Lipinski definition) is 3. The van der Waals surface area contributed by atoms with Gasteiger partial charge in [0, 0.05) is 5.02 Å². The predicted octanol–water partition coefficient (Wildman–Crippen LogP) is 4.62. The summed E-state index contributed by atoms with van der Waals surface area (Å²) in [7, 11) is 0. The van der Waals surface area contributed by atoms with E-state index in [4.69, 9.17) is 26.2 Å². The Bertz CT molecular complexity index is 622. The lowest BCUT2D eigenvalue weighted by Gasteiger charge is -2.18. The van der Waals surface area contributed by atoms with E-state index >= 15 is 0 Å². The molecule has 0 spiro atoms. The number of carboxylic acids is 1. The molecule has 4 nitrogen and oxygen atoms in total. The lowest BCUT2D eigenvalue weighted by Crippen LogP contribution is -2.27. The zero-order valence-corrected chi connectivity index (χ0v) is 13.1. The van der Waals surface area contributed by atoms with E-state index in [1.807, 2.05) is 0 Å². The van der Waals surface area contributed by atoms with Crippen molar-refractivity contribution in [2.24, 2.45) is 5.92 Å². The number of halogens is 1. The minimum atomic E-state index is -0.879. The minimum Gasteiger partial charge on any atom is -0.490 e. The Kier molecular flexibility index (Phi) is 5.28. The Morgan fingerprint density at radius 1 is 0.955 bits per heavy atom. The van der Waals surface area contributed by atoms with Gasteiger partial charge >= 0.3 is 5.97 Å². The first kappa shape index (κ1) is 16.2. The van der Waals surface area contributed by atoms with Crippen LogP contribution in [0.1, 0.15) is 13.8 Å². The first-order valence-corrected chi connectivity index (χ1v) is 7.26. The van der Waals surface area contributed by atoms with Gasteiger partial charge in [-0.2, -0.15) is 0 Å². The van der Waals surface area contributed by atoms with Crippen LogP contribution < -0.4 is 9.47 Å². The molecule has 2 rings (SSSR count). The number of rotatable bonds is 6. The maximum atomic E-state index is 10.9. The molecule has 2 atom stereocenters. The van der Waals surface area contributed by atoms with Crippen molar-refractivity contribution in [1.82, 2.24) is 0 Å². The van der Waals surface area contributed by atoms with Gasteiger partial charge in [0.15, 0.2) is 0 Å². The summed E-state index contributed by atoms with van der Waals surface area (Å²) in [5.41, 5.74) is 0. The molecule has 0 saturated carbocycles. The molecule has 0 aliphatic heterocycles. The molecular weight excluding hydrogens is 304 g/mol. The van der Waals surface area contributed by atoms with Gasteiger partial charge in [-0.05, 0) is 62.4 Å². The summed E-state index contributed by atoms with van der Waals surface area (Å²) in [5.74, 6) is 0.490. The third kappa shape index (κ3) is 4.40. The smallest absolute Gasteiger partial charge is 0.309 e. The van der Waals surface area contributed by atoms with Crippen molar-refractivity contribution in [2.45, 2.75) is 20.0 Å². The van der Waals surface area contributed by atoms with Gasteiger partial charge in [-0.25, -0.2) is 0 Å². The van der Waals surface area contributed by atoms with E-state index in [-0.39, 0.29) is 0 Å². The zero-order valence-electron chi connectivity index (χ0n) is 12.3. The molecule has 5 heteroatoms. The molecule has 0 bridgehead atoms. The number of aliphatic carboxylic acids is 1. The third-order valence-electron chi connectivity index (χ3n) is 3.29. The Morgan fingerprint density at radius 2 is 1.41 bits per heavy atom. The molecule has 22 heavy (non-hydrogen) atoms. The van der Waals surface area contributed by atoms with Gasteiger partial charge in [-0.15, -0.1) is 0 Å². The van der Waals surface area contributed by atoms with Crippen molar-refractivity contribution in [3.63, 3.8) is 0 Å². The SMILES string of the molecule is CC(Oc1ccc(Oc2ccc(Cl)cc2)cc1)C(C)C(=O)O. The number of ether oxygens (including phenoxy) is 2. The van der Waals surface area contributed by atoms with Crippen molar-refractivity contribution < 1.29 is 19.4 Å². The summed E-state index contributed by atoms with van der Waals surface area (Å²) in [6, 6.07) is 14.1. The molecule has 1 N–H and O–H groups in total. The van der Waals surface area contributed by atoms with Gasteiger partial charge in [0.05, 0.1) is 5.92 Å². The molecule has 0 aliphatic carbocycles. The molecular formula is C17H17ClO4. The highest BCUT2D eigenvalue weighted by Gasteiger charge is 2.20. The highest BCUT2D eigenvalue weighted by molar-refractivity contribution is 6.30. The minimum absolute atomic E-state index is 0.416. The maximum absolute atomic E-state index is 10.9. The molecule has 0 saturated heterocycles. The summed E-state index contributed by atoms with van der Waals surface area (Å²) < 4.78 is 11.3. The summed E-state index contributed by atoms with van der Waals surface area (Å²) in [5, 5.41) is 9.60. The predicted molar refractivity (Wildman–Crippen MR) is 84.9 cm³/mol. The van der Waals surface area contributed by atoms with Gasteiger partial charge < -0.3 is 14.6 Å². The monoisotopic (exact) mass is 320 g/mol. The molecule has 0 aliphatic rings. The van der Waals surface area contributed by atoms with Crippen LogP contribution >= 0.6 is 11.6 Å². The average molecular weight is 321 g/mol. The number of benzene rings is 2. The maximum Gasteiger partial charge on any atom is 0.309 e. The summed E-state index contributed by atoms with van der Waals surface area (Å²) >= 11 is 5.82. The van der Waals surface area contributed by atoms with Crippen molar-refractivity contribution in [1.29, 1.82) is 0 Å². The topological polar surface area (TPSA) is 55.8 Å². The van der Waals surface area contributed by atoms with Gasteiger partial charge in [-0.3, -0.25) is 4.79 Å². The number of carbonyl (C=O) groups is 1. The number of carboxylic acid groups (broad SMARTS) is 1. The molecule has 0 aromatic heterocycles. The van der Waals surface area contributed by atoms with E-state index in [2.05, 4.69) is 0 Å². The third-order valence-corrected chi connectivity index (χ3v) is 3.54. The molecule has 2 unspecified atom stereocenters. The standard InChI is InChI=1S/C17H17ClO4/c1-11(17(19)20)12(2)21-14-7-9-16(10-8-14)22-15-5-3-13(18)4-6-15/h3-12H,1-2H3,(H,19,20). The van der Waals surface area contributed by atoms with E-state index in [1.165, 1.54) is 0 Å². The van der Waals surface area contributed by atoms with Crippen LogP contribution in [0.25, 0.3) is 0 Å². The van der Waals surface area contributed by atoms with Crippen molar-refractivity contribution >= 4 is 17.6 Å². The Labute approximate surface area is 134 Å². The van der Waals surface area contributed by atoms with Gasteiger partial charge in [0.1, 0.15) is 23.4 Å². The summed E-state index contributed by atoms with van der Waals surface area (Å²) in [6.45, 7) is 3.35. The second kappa shape index (κ2) is 7.18. The summed E-state index contributed by atoms with van der Waals surface area (Å²) in [6.07, 6.45) is -0.416. The van der Waals surface area contributed by atoms with E-state index in [1.54, 1.807) is 62.4 Å². The van der Waals surface area contributed by atoms with Crippen LogP contribution in [0.5, 0.6) is 17.2 Å². The molecule has 0 fully saturated rings. The van der Waals surface area contributed by atoms with Gasteiger partial charge in [0.2, 0.25) is 0 Å². The highest BCUT2D eigenvalue weighted by Crippen LogP contribution is 2.25. The second-order valence-corrected chi connectivity index (χ2v) is 5.41. The van der Waals surface area contributed by atoms with Crippen LogP contribution in [-0.4, -0.2) is 17.2 Å². The lowest BCUT2D eigenvalue weighted by molar-refractivity contribution is -0.143. The van der Waals surface area contributed by atoms with Crippen molar-refractivity contribution in [2.75, 3.05) is 0 Å². The fourth-order valence-corrected chi connectivity index (χ4v) is 1.87. The van der Waals surface area contributed by atoms with E-state index in [0.29, 0.717) is 22.3 Å². The molecule has 0 radical (unpaired) electrons. The molecule has 0 heterocycles. The quantitative estimate of drug-likeness (QED) is 0.843. The van der Waals surface area contributed by atoms with Crippen molar-refractivity contribution in [3.8, 4) is 17.2 Å². The molecule has 2 aromatic rings. The Balaban J connectivity index is 1.98. The first-order valence-electron chi connectivity index (χ1n) is 6.88. The van der Waals surface area contributed by atoms with Crippen LogP contribution in [0.15, 0.2) is 48.5 Å². The highest BCUT2D eigenvalue weighted by atomic mass is 35.5. The Hall–Kier alpha value is -2.20. The summed E-state index contributed by atoms with van der Waals surface area (Å²) in [4.78, 5) is 10.9. The lowest BCUT2D eigenvalue weighted by atomic mass is 10.1. The van der Waals surface area contributed by atoms with Crippen LogP contribution in [-0.2, 0) is 4.79 Å². The van der Waals surface area contributed by atoms with Crippen LogP contribution in [0.4, 0.5) is 0 Å². The molecule has 0 amide bonds. The Morgan fingerprint density at radius 3 is 1.91 bits per heavy atom.